The molecule has 0 unspecified atom stereocenters. The summed E-state index contributed by atoms with van der Waals surface area (Å²) in [5.74, 6) is 0.125. The molecule has 0 atom stereocenters. The summed E-state index contributed by atoms with van der Waals surface area (Å²) >= 11 is 0. The molecule has 0 aliphatic carbocycles. The molecule has 7 heteroatoms. The molecule has 1 N–H and O–H groups in total. The number of nitrogens with one attached hydrogen (secondary N) is 1. The van der Waals surface area contributed by atoms with Gasteiger partial charge in [0.2, 0.25) is 5.95 Å². The number of benzene rings is 1. The van der Waals surface area contributed by atoms with E-state index >= 15 is 0 Å². The van der Waals surface area contributed by atoms with Crippen molar-refractivity contribution < 1.29 is 9.18 Å². The van der Waals surface area contributed by atoms with Gasteiger partial charge in [0.1, 0.15) is 11.5 Å². The van der Waals surface area contributed by atoms with Crippen molar-refractivity contribution in [3.63, 3.8) is 0 Å². The van der Waals surface area contributed by atoms with Crippen LogP contribution in [0.5, 0.6) is 0 Å². The molecule has 1 aromatic heterocycles. The van der Waals surface area contributed by atoms with Crippen LogP contribution >= 0.6 is 0 Å². The summed E-state index contributed by atoms with van der Waals surface area (Å²) in [5.41, 5.74) is 1.40. The summed E-state index contributed by atoms with van der Waals surface area (Å²) in [6.07, 6.45) is 0. The molecule has 1 aliphatic heterocycles. The third-order valence-electron chi connectivity index (χ3n) is 4.32. The van der Waals surface area contributed by atoms with Crippen LogP contribution in [0.1, 0.15) is 37.0 Å². The Kier molecular flexibility index (Phi) is 5.30. The van der Waals surface area contributed by atoms with Crippen molar-refractivity contribution in [1.82, 2.24) is 15.3 Å². The number of aryl methyl sites for hydroxylation is 1. The van der Waals surface area contributed by atoms with Gasteiger partial charge < -0.3 is 15.1 Å². The number of hydrogen-bond acceptors (Lipinski definition) is 5. The number of rotatable bonds is 3. The van der Waals surface area contributed by atoms with E-state index in [-0.39, 0.29) is 17.3 Å². The number of amides is 1. The molecule has 0 saturated carbocycles. The van der Waals surface area contributed by atoms with E-state index in [1.807, 2.05) is 43.6 Å². The smallest absolute Gasteiger partial charge is 0.270 e. The van der Waals surface area contributed by atoms with Crippen LogP contribution in [0.15, 0.2) is 30.3 Å². The number of para-hydroxylation sites is 1. The van der Waals surface area contributed by atoms with Crippen LogP contribution in [0.2, 0.25) is 0 Å². The highest BCUT2D eigenvalue weighted by Gasteiger charge is 2.23. The fourth-order valence-corrected chi connectivity index (χ4v) is 3.07. The summed E-state index contributed by atoms with van der Waals surface area (Å²) in [6.45, 7) is 10.3. The Morgan fingerprint density at radius 2 is 1.70 bits per heavy atom. The molecule has 144 valence electrons. The highest BCUT2D eigenvalue weighted by Crippen LogP contribution is 2.21. The standard InChI is InChI=1S/C20H26FN5O/c1-14-13-16(18(27)24-20(2,3)4)23-19(22-14)26-11-9-25(10-12-26)17-8-6-5-7-15(17)21/h5-8,13H,9-12H2,1-4H3,(H,24,27). The van der Waals surface area contributed by atoms with E-state index in [0.717, 1.165) is 5.69 Å². The lowest BCUT2D eigenvalue weighted by atomic mass is 10.1. The molecular weight excluding hydrogens is 345 g/mol. The van der Waals surface area contributed by atoms with Gasteiger partial charge in [-0.25, -0.2) is 14.4 Å². The predicted molar refractivity (Wildman–Crippen MR) is 105 cm³/mol. The Balaban J connectivity index is 1.73. The van der Waals surface area contributed by atoms with Crippen molar-refractivity contribution in [2.24, 2.45) is 0 Å². The number of piperazine rings is 1. The highest BCUT2D eigenvalue weighted by molar-refractivity contribution is 5.93. The molecular formula is C20H26FN5O. The van der Waals surface area contributed by atoms with Crippen LogP contribution in [0.3, 0.4) is 0 Å². The van der Waals surface area contributed by atoms with Gasteiger partial charge in [-0.3, -0.25) is 4.79 Å². The van der Waals surface area contributed by atoms with E-state index in [0.29, 0.717) is 43.5 Å². The Labute approximate surface area is 159 Å². The van der Waals surface area contributed by atoms with E-state index in [2.05, 4.69) is 15.3 Å². The molecule has 2 heterocycles. The van der Waals surface area contributed by atoms with Crippen molar-refractivity contribution in [3.8, 4) is 0 Å². The minimum atomic E-state index is -0.332. The maximum absolute atomic E-state index is 14.0. The zero-order valence-corrected chi connectivity index (χ0v) is 16.3. The van der Waals surface area contributed by atoms with Gasteiger partial charge in [0.15, 0.2) is 0 Å². The molecule has 6 nitrogen and oxygen atoms in total. The van der Waals surface area contributed by atoms with Crippen molar-refractivity contribution in [2.45, 2.75) is 33.2 Å². The average Bonchev–Trinajstić information content (AvgIpc) is 2.60. The molecule has 1 fully saturated rings. The molecule has 1 aromatic carbocycles. The van der Waals surface area contributed by atoms with E-state index in [9.17, 15) is 9.18 Å². The first-order valence-corrected chi connectivity index (χ1v) is 9.15. The van der Waals surface area contributed by atoms with Crippen molar-refractivity contribution in [2.75, 3.05) is 36.0 Å². The minimum absolute atomic E-state index is 0.209. The molecule has 0 radical (unpaired) electrons. The van der Waals surface area contributed by atoms with E-state index in [4.69, 9.17) is 0 Å². The number of carbonyl (C=O) groups is 1. The van der Waals surface area contributed by atoms with Crippen molar-refractivity contribution in [1.29, 1.82) is 0 Å². The van der Waals surface area contributed by atoms with Crippen molar-refractivity contribution >= 4 is 17.5 Å². The van der Waals surface area contributed by atoms with Gasteiger partial charge in [-0.2, -0.15) is 0 Å². The van der Waals surface area contributed by atoms with Gasteiger partial charge in [0.25, 0.3) is 5.91 Å². The zero-order chi connectivity index (χ0) is 19.6. The number of halogens is 1. The van der Waals surface area contributed by atoms with E-state index < -0.39 is 0 Å². The van der Waals surface area contributed by atoms with E-state index in [1.54, 1.807) is 18.2 Å². The number of aromatic nitrogens is 2. The van der Waals surface area contributed by atoms with Crippen LogP contribution in [0, 0.1) is 12.7 Å². The van der Waals surface area contributed by atoms with Gasteiger partial charge >= 0.3 is 0 Å². The maximum Gasteiger partial charge on any atom is 0.270 e. The number of anilines is 2. The Bertz CT molecular complexity index is 825. The molecule has 0 spiro atoms. The third-order valence-corrected chi connectivity index (χ3v) is 4.32. The normalized spacial score (nSPS) is 15.0. The van der Waals surface area contributed by atoms with Crippen LogP contribution in [0.4, 0.5) is 16.0 Å². The van der Waals surface area contributed by atoms with Gasteiger partial charge in [0, 0.05) is 37.4 Å². The first-order valence-electron chi connectivity index (χ1n) is 9.15. The molecule has 1 amide bonds. The van der Waals surface area contributed by atoms with E-state index in [1.165, 1.54) is 6.07 Å². The van der Waals surface area contributed by atoms with Crippen LogP contribution < -0.4 is 15.1 Å². The lowest BCUT2D eigenvalue weighted by Crippen LogP contribution is -2.47. The fourth-order valence-electron chi connectivity index (χ4n) is 3.07. The maximum atomic E-state index is 14.0. The largest absolute Gasteiger partial charge is 0.366 e. The Morgan fingerprint density at radius 1 is 1.07 bits per heavy atom. The molecule has 3 rings (SSSR count). The molecule has 1 aliphatic rings. The number of hydrogen-bond donors (Lipinski definition) is 1. The predicted octanol–water partition coefficient (Wildman–Crippen LogP) is 2.78. The van der Waals surface area contributed by atoms with Crippen LogP contribution in [0.25, 0.3) is 0 Å². The number of nitrogens with zero attached hydrogens (tertiary/aromatic N) is 4. The topological polar surface area (TPSA) is 61.4 Å². The summed E-state index contributed by atoms with van der Waals surface area (Å²) in [7, 11) is 0. The lowest BCUT2D eigenvalue weighted by molar-refractivity contribution is 0.0914. The quantitative estimate of drug-likeness (QED) is 0.899. The van der Waals surface area contributed by atoms with Gasteiger partial charge in [-0.1, -0.05) is 12.1 Å². The zero-order valence-electron chi connectivity index (χ0n) is 16.3. The SMILES string of the molecule is Cc1cc(C(=O)NC(C)(C)C)nc(N2CCN(c3ccccc3F)CC2)n1. The average molecular weight is 371 g/mol. The van der Waals surface area contributed by atoms with Crippen LogP contribution in [-0.4, -0.2) is 47.6 Å². The second kappa shape index (κ2) is 7.50. The summed E-state index contributed by atoms with van der Waals surface area (Å²) in [4.78, 5) is 25.5. The monoisotopic (exact) mass is 371 g/mol. The third kappa shape index (κ3) is 4.72. The number of carbonyl (C=O) groups excluding carboxylic acids is 1. The van der Waals surface area contributed by atoms with Gasteiger partial charge in [0.05, 0.1) is 5.69 Å². The molecule has 1 saturated heterocycles. The summed E-state index contributed by atoms with van der Waals surface area (Å²) in [5, 5.41) is 2.93. The minimum Gasteiger partial charge on any atom is -0.366 e. The summed E-state index contributed by atoms with van der Waals surface area (Å²) in [6, 6.07) is 8.50. The second-order valence-electron chi connectivity index (χ2n) is 7.82. The lowest BCUT2D eigenvalue weighted by Gasteiger charge is -2.36. The van der Waals surface area contributed by atoms with Crippen LogP contribution in [-0.2, 0) is 0 Å². The first kappa shape index (κ1) is 19.1. The van der Waals surface area contributed by atoms with Gasteiger partial charge in [-0.05, 0) is 45.9 Å². The molecule has 2 aromatic rings. The highest BCUT2D eigenvalue weighted by atomic mass is 19.1. The molecule has 27 heavy (non-hydrogen) atoms. The summed E-state index contributed by atoms with van der Waals surface area (Å²) < 4.78 is 14.0. The first-order chi connectivity index (χ1) is 12.7. The fraction of sp³-hybridized carbons (Fsp3) is 0.450. The molecule has 0 bridgehead atoms. The second-order valence-corrected chi connectivity index (χ2v) is 7.82. The Morgan fingerprint density at radius 3 is 2.33 bits per heavy atom. The van der Waals surface area contributed by atoms with Crippen molar-refractivity contribution in [3.05, 3.63) is 47.5 Å². The Hall–Kier alpha value is -2.70. The van der Waals surface area contributed by atoms with Gasteiger partial charge in [-0.15, -0.1) is 0 Å².